The zero-order valence-electron chi connectivity index (χ0n) is 12.0. The maximum absolute atomic E-state index is 12.4. The lowest BCUT2D eigenvalue weighted by molar-refractivity contribution is -0.123. The Kier molecular flexibility index (Phi) is 4.31. The van der Waals surface area contributed by atoms with Gasteiger partial charge in [-0.25, -0.2) is 0 Å². The maximum Gasteiger partial charge on any atom is 0.241 e. The standard InChI is InChI=1S/C18H20N2O/c21-18(20-16-11-12-16)17(15-9-5-2-6-10-15)19-13-14-7-3-1-4-8-14/h1-10,16-17,19H,11-13H2,(H,20,21)/t17-/m1/s1. The van der Waals surface area contributed by atoms with Crippen molar-refractivity contribution < 1.29 is 4.79 Å². The van der Waals surface area contributed by atoms with Crippen molar-refractivity contribution in [2.45, 2.75) is 31.5 Å². The number of hydrogen-bond acceptors (Lipinski definition) is 2. The SMILES string of the molecule is O=C(NC1CC1)[C@H](NCc1ccccc1)c1ccccc1. The average molecular weight is 280 g/mol. The van der Waals surface area contributed by atoms with E-state index in [1.165, 1.54) is 5.56 Å². The lowest BCUT2D eigenvalue weighted by atomic mass is 10.1. The van der Waals surface area contributed by atoms with E-state index in [1.807, 2.05) is 48.5 Å². The molecule has 1 fully saturated rings. The first-order valence-electron chi connectivity index (χ1n) is 7.45. The second kappa shape index (κ2) is 6.55. The summed E-state index contributed by atoms with van der Waals surface area (Å²) < 4.78 is 0. The number of benzene rings is 2. The predicted octanol–water partition coefficient (Wildman–Crippen LogP) is 2.80. The number of carbonyl (C=O) groups excluding carboxylic acids is 1. The van der Waals surface area contributed by atoms with Gasteiger partial charge in [-0.3, -0.25) is 10.1 Å². The van der Waals surface area contributed by atoms with Crippen molar-refractivity contribution in [2.24, 2.45) is 0 Å². The van der Waals surface area contributed by atoms with Crippen LogP contribution in [0.25, 0.3) is 0 Å². The third-order valence-electron chi connectivity index (χ3n) is 3.67. The highest BCUT2D eigenvalue weighted by Gasteiger charge is 2.28. The molecule has 2 aromatic rings. The number of rotatable bonds is 6. The van der Waals surface area contributed by atoms with Crippen molar-refractivity contribution in [3.05, 3.63) is 71.8 Å². The third-order valence-corrected chi connectivity index (χ3v) is 3.67. The van der Waals surface area contributed by atoms with Gasteiger partial charge < -0.3 is 5.32 Å². The molecule has 0 bridgehead atoms. The fourth-order valence-corrected chi connectivity index (χ4v) is 2.34. The molecule has 108 valence electrons. The summed E-state index contributed by atoms with van der Waals surface area (Å²) in [5.74, 6) is 0.0691. The molecule has 2 N–H and O–H groups in total. The van der Waals surface area contributed by atoms with E-state index in [2.05, 4.69) is 22.8 Å². The Morgan fingerprint density at radius 1 is 1.00 bits per heavy atom. The Bertz CT molecular complexity index is 579. The van der Waals surface area contributed by atoms with E-state index in [-0.39, 0.29) is 11.9 Å². The normalized spacial score (nSPS) is 15.4. The van der Waals surface area contributed by atoms with Gasteiger partial charge in [-0.15, -0.1) is 0 Å². The van der Waals surface area contributed by atoms with Gasteiger partial charge in [0.05, 0.1) is 0 Å². The van der Waals surface area contributed by atoms with Crippen LogP contribution in [0.3, 0.4) is 0 Å². The van der Waals surface area contributed by atoms with E-state index in [9.17, 15) is 4.79 Å². The van der Waals surface area contributed by atoms with Gasteiger partial charge >= 0.3 is 0 Å². The predicted molar refractivity (Wildman–Crippen MR) is 83.6 cm³/mol. The fourth-order valence-electron chi connectivity index (χ4n) is 2.34. The summed E-state index contributed by atoms with van der Waals surface area (Å²) in [7, 11) is 0. The van der Waals surface area contributed by atoms with Crippen LogP contribution in [0, 0.1) is 0 Å². The van der Waals surface area contributed by atoms with E-state index in [1.54, 1.807) is 0 Å². The van der Waals surface area contributed by atoms with Crippen molar-refractivity contribution in [3.8, 4) is 0 Å². The number of hydrogen-bond donors (Lipinski definition) is 2. The molecule has 1 atom stereocenters. The summed E-state index contributed by atoms with van der Waals surface area (Å²) in [6.07, 6.45) is 2.21. The van der Waals surface area contributed by atoms with Crippen LogP contribution in [0.5, 0.6) is 0 Å². The highest BCUT2D eigenvalue weighted by Crippen LogP contribution is 2.21. The summed E-state index contributed by atoms with van der Waals surface area (Å²) in [6, 6.07) is 20.1. The van der Waals surface area contributed by atoms with Crippen molar-refractivity contribution in [2.75, 3.05) is 0 Å². The van der Waals surface area contributed by atoms with Crippen LogP contribution >= 0.6 is 0 Å². The van der Waals surface area contributed by atoms with Crippen LogP contribution in [-0.2, 0) is 11.3 Å². The first-order valence-corrected chi connectivity index (χ1v) is 7.45. The molecule has 1 aliphatic carbocycles. The van der Waals surface area contributed by atoms with Gasteiger partial charge in [-0.1, -0.05) is 60.7 Å². The van der Waals surface area contributed by atoms with Gasteiger partial charge in [-0.2, -0.15) is 0 Å². The summed E-state index contributed by atoms with van der Waals surface area (Å²) in [4.78, 5) is 12.4. The van der Waals surface area contributed by atoms with Crippen molar-refractivity contribution in [1.82, 2.24) is 10.6 Å². The quantitative estimate of drug-likeness (QED) is 0.854. The Morgan fingerprint density at radius 3 is 2.24 bits per heavy atom. The first-order chi connectivity index (χ1) is 10.3. The second-order valence-electron chi connectivity index (χ2n) is 5.49. The van der Waals surface area contributed by atoms with Crippen molar-refractivity contribution in [3.63, 3.8) is 0 Å². The molecule has 0 spiro atoms. The molecular formula is C18H20N2O. The maximum atomic E-state index is 12.4. The lowest BCUT2D eigenvalue weighted by Crippen LogP contribution is -2.38. The average Bonchev–Trinajstić information content (AvgIpc) is 3.33. The van der Waals surface area contributed by atoms with E-state index < -0.39 is 0 Å². The van der Waals surface area contributed by atoms with E-state index >= 15 is 0 Å². The monoisotopic (exact) mass is 280 g/mol. The molecule has 3 nitrogen and oxygen atoms in total. The van der Waals surface area contributed by atoms with Crippen LogP contribution < -0.4 is 10.6 Å². The van der Waals surface area contributed by atoms with Crippen molar-refractivity contribution in [1.29, 1.82) is 0 Å². The molecule has 0 heterocycles. The van der Waals surface area contributed by atoms with E-state index in [4.69, 9.17) is 0 Å². The molecule has 21 heavy (non-hydrogen) atoms. The number of amides is 1. The third kappa shape index (κ3) is 3.92. The first kappa shape index (κ1) is 13.8. The molecule has 3 rings (SSSR count). The minimum atomic E-state index is -0.299. The Labute approximate surface area is 125 Å². The Balaban J connectivity index is 1.70. The lowest BCUT2D eigenvalue weighted by Gasteiger charge is -2.19. The van der Waals surface area contributed by atoms with Crippen molar-refractivity contribution >= 4 is 5.91 Å². The van der Waals surface area contributed by atoms with Gasteiger partial charge in [0.1, 0.15) is 6.04 Å². The Morgan fingerprint density at radius 2 is 1.62 bits per heavy atom. The summed E-state index contributed by atoms with van der Waals surface area (Å²) in [5, 5.41) is 6.46. The fraction of sp³-hybridized carbons (Fsp3) is 0.278. The summed E-state index contributed by atoms with van der Waals surface area (Å²) in [6.45, 7) is 0.679. The molecular weight excluding hydrogens is 260 g/mol. The molecule has 1 aliphatic rings. The largest absolute Gasteiger partial charge is 0.352 e. The molecule has 0 saturated heterocycles. The zero-order valence-corrected chi connectivity index (χ0v) is 12.0. The number of carbonyl (C=O) groups is 1. The Hall–Kier alpha value is -2.13. The molecule has 0 aliphatic heterocycles. The van der Waals surface area contributed by atoms with Crippen LogP contribution in [-0.4, -0.2) is 11.9 Å². The number of nitrogens with one attached hydrogen (secondary N) is 2. The van der Waals surface area contributed by atoms with Crippen LogP contribution in [0.15, 0.2) is 60.7 Å². The minimum absolute atomic E-state index is 0.0691. The van der Waals surface area contributed by atoms with Crippen LogP contribution in [0.4, 0.5) is 0 Å². The van der Waals surface area contributed by atoms with Gasteiger partial charge in [0.25, 0.3) is 0 Å². The molecule has 0 unspecified atom stereocenters. The van der Waals surface area contributed by atoms with Gasteiger partial charge in [0, 0.05) is 12.6 Å². The van der Waals surface area contributed by atoms with E-state index in [0.29, 0.717) is 12.6 Å². The van der Waals surface area contributed by atoms with Gasteiger partial charge in [0.15, 0.2) is 0 Å². The molecule has 3 heteroatoms. The molecule has 1 saturated carbocycles. The highest BCUT2D eigenvalue weighted by molar-refractivity contribution is 5.83. The van der Waals surface area contributed by atoms with Gasteiger partial charge in [-0.05, 0) is 24.0 Å². The molecule has 0 radical (unpaired) electrons. The molecule has 0 aromatic heterocycles. The van der Waals surface area contributed by atoms with Gasteiger partial charge in [0.2, 0.25) is 5.91 Å². The second-order valence-corrected chi connectivity index (χ2v) is 5.49. The topological polar surface area (TPSA) is 41.1 Å². The zero-order chi connectivity index (χ0) is 14.5. The van der Waals surface area contributed by atoms with E-state index in [0.717, 1.165) is 18.4 Å². The minimum Gasteiger partial charge on any atom is -0.352 e. The van der Waals surface area contributed by atoms with Crippen LogP contribution in [0.1, 0.15) is 30.0 Å². The van der Waals surface area contributed by atoms with Crippen LogP contribution in [0.2, 0.25) is 0 Å². The smallest absolute Gasteiger partial charge is 0.241 e. The molecule has 2 aromatic carbocycles. The molecule has 1 amide bonds. The summed E-state index contributed by atoms with van der Waals surface area (Å²) >= 11 is 0. The highest BCUT2D eigenvalue weighted by atomic mass is 16.2. The summed E-state index contributed by atoms with van der Waals surface area (Å²) in [5.41, 5.74) is 2.18.